The van der Waals surface area contributed by atoms with Gasteiger partial charge in [-0.2, -0.15) is 13.2 Å². The van der Waals surface area contributed by atoms with Crippen molar-refractivity contribution in [2.24, 2.45) is 0 Å². The maximum atomic E-state index is 12.8. The first kappa shape index (κ1) is 18.3. The molecule has 25 heavy (non-hydrogen) atoms. The van der Waals surface area contributed by atoms with Crippen molar-refractivity contribution >= 4 is 11.9 Å². The van der Waals surface area contributed by atoms with Crippen molar-refractivity contribution in [3.05, 3.63) is 59.7 Å². The number of ether oxygens (including phenoxy) is 3. The number of methoxy groups -OCH3 is 1. The van der Waals surface area contributed by atoms with Gasteiger partial charge in [0.05, 0.1) is 18.2 Å². The number of rotatable bonds is 5. The molecule has 0 saturated heterocycles. The van der Waals surface area contributed by atoms with Crippen molar-refractivity contribution in [2.45, 2.75) is 6.18 Å². The van der Waals surface area contributed by atoms with E-state index < -0.39 is 36.0 Å². The van der Waals surface area contributed by atoms with E-state index in [2.05, 4.69) is 4.74 Å². The number of hydrogen-bond acceptors (Lipinski definition) is 5. The van der Waals surface area contributed by atoms with Crippen LogP contribution >= 0.6 is 0 Å². The monoisotopic (exact) mass is 354 g/mol. The predicted molar refractivity (Wildman–Crippen MR) is 80.4 cm³/mol. The largest absolute Gasteiger partial charge is 0.481 e. The fraction of sp³-hybridized carbons (Fsp3) is 0.176. The van der Waals surface area contributed by atoms with Crippen LogP contribution in [0.25, 0.3) is 0 Å². The lowest BCUT2D eigenvalue weighted by Crippen LogP contribution is -2.19. The van der Waals surface area contributed by atoms with E-state index in [4.69, 9.17) is 9.47 Å². The van der Waals surface area contributed by atoms with Crippen LogP contribution in [0.4, 0.5) is 13.2 Å². The first-order valence-electron chi connectivity index (χ1n) is 6.99. The molecule has 0 heterocycles. The van der Waals surface area contributed by atoms with Crippen LogP contribution in [0.1, 0.15) is 15.9 Å². The van der Waals surface area contributed by atoms with Crippen LogP contribution in [-0.2, 0) is 15.7 Å². The molecule has 2 rings (SSSR count). The van der Waals surface area contributed by atoms with E-state index in [0.717, 1.165) is 12.1 Å². The van der Waals surface area contributed by atoms with E-state index in [1.165, 1.54) is 43.5 Å². The first-order chi connectivity index (χ1) is 11.8. The van der Waals surface area contributed by atoms with E-state index in [-0.39, 0.29) is 11.3 Å². The van der Waals surface area contributed by atoms with Crippen LogP contribution in [0, 0.1) is 0 Å². The number of alkyl halides is 3. The maximum absolute atomic E-state index is 12.8. The van der Waals surface area contributed by atoms with Gasteiger partial charge in [0, 0.05) is 0 Å². The standard InChI is InChI=1S/C17H13F3O5/c1-23-16(22)11-6-8-12(9-7-11)25-15(21)10-24-14-5-3-2-4-13(14)17(18,19)20/h2-9H,10H2,1H3. The Kier molecular flexibility index (Phi) is 5.63. The summed E-state index contributed by atoms with van der Waals surface area (Å²) in [6.07, 6.45) is -4.59. The van der Waals surface area contributed by atoms with Gasteiger partial charge in [-0.05, 0) is 36.4 Å². The number of hydrogen-bond donors (Lipinski definition) is 0. The third kappa shape index (κ3) is 4.97. The van der Waals surface area contributed by atoms with Gasteiger partial charge in [0.1, 0.15) is 11.5 Å². The molecule has 0 aliphatic rings. The molecule has 0 saturated carbocycles. The molecule has 0 aromatic heterocycles. The summed E-state index contributed by atoms with van der Waals surface area (Å²) < 4.78 is 52.8. The number of para-hydroxylation sites is 1. The molecule has 132 valence electrons. The molecule has 0 N–H and O–H groups in total. The molecule has 0 bridgehead atoms. The SMILES string of the molecule is COC(=O)c1ccc(OC(=O)COc2ccccc2C(F)(F)F)cc1. The molecule has 0 aliphatic heterocycles. The molecule has 2 aromatic carbocycles. The van der Waals surface area contributed by atoms with Crippen LogP contribution < -0.4 is 9.47 Å². The molecule has 0 aliphatic carbocycles. The first-order valence-corrected chi connectivity index (χ1v) is 6.99. The second kappa shape index (κ2) is 7.69. The van der Waals surface area contributed by atoms with E-state index in [0.29, 0.717) is 0 Å². The summed E-state index contributed by atoms with van der Waals surface area (Å²) in [4.78, 5) is 23.0. The minimum atomic E-state index is -4.59. The number of benzene rings is 2. The van der Waals surface area contributed by atoms with Crippen LogP contribution in [0.2, 0.25) is 0 Å². The maximum Gasteiger partial charge on any atom is 0.419 e. The minimum absolute atomic E-state index is 0.116. The summed E-state index contributed by atoms with van der Waals surface area (Å²) in [5.41, 5.74) is -0.720. The number of carbonyl (C=O) groups is 2. The molecular weight excluding hydrogens is 341 g/mol. The highest BCUT2D eigenvalue weighted by atomic mass is 19.4. The zero-order valence-electron chi connectivity index (χ0n) is 13.0. The number of carbonyl (C=O) groups excluding carboxylic acids is 2. The van der Waals surface area contributed by atoms with Crippen molar-refractivity contribution in [1.82, 2.24) is 0 Å². The van der Waals surface area contributed by atoms with Gasteiger partial charge in [-0.3, -0.25) is 0 Å². The topological polar surface area (TPSA) is 61.8 Å². The smallest absolute Gasteiger partial charge is 0.419 e. The van der Waals surface area contributed by atoms with Gasteiger partial charge in [0.2, 0.25) is 0 Å². The Bertz CT molecular complexity index is 754. The lowest BCUT2D eigenvalue weighted by Gasteiger charge is -2.13. The van der Waals surface area contributed by atoms with Gasteiger partial charge in [0.15, 0.2) is 6.61 Å². The van der Waals surface area contributed by atoms with E-state index in [1.54, 1.807) is 0 Å². The molecule has 0 unspecified atom stereocenters. The van der Waals surface area contributed by atoms with Crippen LogP contribution in [0.3, 0.4) is 0 Å². The Morgan fingerprint density at radius 2 is 1.64 bits per heavy atom. The summed E-state index contributed by atoms with van der Waals surface area (Å²) in [6.45, 7) is -0.703. The summed E-state index contributed by atoms with van der Waals surface area (Å²) in [7, 11) is 1.23. The summed E-state index contributed by atoms with van der Waals surface area (Å²) in [5, 5.41) is 0. The molecule has 0 spiro atoms. The Hall–Kier alpha value is -3.03. The average Bonchev–Trinajstić information content (AvgIpc) is 2.59. The highest BCUT2D eigenvalue weighted by molar-refractivity contribution is 5.89. The second-order valence-electron chi connectivity index (χ2n) is 4.77. The Morgan fingerprint density at radius 3 is 2.24 bits per heavy atom. The fourth-order valence-corrected chi connectivity index (χ4v) is 1.90. The summed E-state index contributed by atoms with van der Waals surface area (Å²) >= 11 is 0. The van der Waals surface area contributed by atoms with Gasteiger partial charge in [0.25, 0.3) is 0 Å². The third-order valence-corrected chi connectivity index (χ3v) is 3.05. The van der Waals surface area contributed by atoms with Crippen LogP contribution in [0.5, 0.6) is 11.5 Å². The number of halogens is 3. The minimum Gasteiger partial charge on any atom is -0.481 e. The van der Waals surface area contributed by atoms with Crippen LogP contribution in [-0.4, -0.2) is 25.7 Å². The van der Waals surface area contributed by atoms with E-state index in [9.17, 15) is 22.8 Å². The number of esters is 2. The quantitative estimate of drug-likeness (QED) is 0.608. The van der Waals surface area contributed by atoms with Gasteiger partial charge in [-0.25, -0.2) is 9.59 Å². The Labute approximate surface area is 140 Å². The average molecular weight is 354 g/mol. The molecule has 5 nitrogen and oxygen atoms in total. The highest BCUT2D eigenvalue weighted by Gasteiger charge is 2.34. The molecular formula is C17H13F3O5. The fourth-order valence-electron chi connectivity index (χ4n) is 1.90. The van der Waals surface area contributed by atoms with Crippen molar-refractivity contribution in [3.8, 4) is 11.5 Å². The molecule has 0 radical (unpaired) electrons. The van der Waals surface area contributed by atoms with Gasteiger partial charge in [-0.15, -0.1) is 0 Å². The van der Waals surface area contributed by atoms with Crippen molar-refractivity contribution in [1.29, 1.82) is 0 Å². The molecule has 8 heteroatoms. The van der Waals surface area contributed by atoms with Gasteiger partial charge >= 0.3 is 18.1 Å². The van der Waals surface area contributed by atoms with Crippen molar-refractivity contribution in [2.75, 3.05) is 13.7 Å². The lowest BCUT2D eigenvalue weighted by molar-refractivity contribution is -0.142. The highest BCUT2D eigenvalue weighted by Crippen LogP contribution is 2.35. The van der Waals surface area contributed by atoms with Crippen molar-refractivity contribution in [3.63, 3.8) is 0 Å². The second-order valence-corrected chi connectivity index (χ2v) is 4.77. The predicted octanol–water partition coefficient (Wildman–Crippen LogP) is 3.48. The third-order valence-electron chi connectivity index (χ3n) is 3.05. The molecule has 0 atom stereocenters. The van der Waals surface area contributed by atoms with Gasteiger partial charge < -0.3 is 14.2 Å². The molecule has 0 amide bonds. The van der Waals surface area contributed by atoms with Crippen molar-refractivity contribution < 1.29 is 37.0 Å². The summed E-state index contributed by atoms with van der Waals surface area (Å²) in [5.74, 6) is -1.79. The lowest BCUT2D eigenvalue weighted by atomic mass is 10.2. The van der Waals surface area contributed by atoms with Crippen LogP contribution in [0.15, 0.2) is 48.5 Å². The Morgan fingerprint density at radius 1 is 1.00 bits per heavy atom. The molecule has 2 aromatic rings. The summed E-state index contributed by atoms with van der Waals surface area (Å²) in [6, 6.07) is 10.0. The van der Waals surface area contributed by atoms with E-state index >= 15 is 0 Å². The van der Waals surface area contributed by atoms with E-state index in [1.807, 2.05) is 0 Å². The Balaban J connectivity index is 1.97. The molecule has 0 fully saturated rings. The zero-order valence-corrected chi connectivity index (χ0v) is 13.0. The zero-order chi connectivity index (χ0) is 18.4. The normalized spacial score (nSPS) is 10.9. The van der Waals surface area contributed by atoms with Gasteiger partial charge in [-0.1, -0.05) is 12.1 Å².